The number of rotatable bonds is 4. The summed E-state index contributed by atoms with van der Waals surface area (Å²) >= 11 is 0. The molecule has 0 spiro atoms. The summed E-state index contributed by atoms with van der Waals surface area (Å²) in [4.78, 5) is 0. The fourth-order valence-electron chi connectivity index (χ4n) is 2.43. The van der Waals surface area contributed by atoms with E-state index >= 15 is 0 Å². The Morgan fingerprint density at radius 2 is 2.41 bits per heavy atom. The molecule has 1 aliphatic heterocycles. The first-order valence-corrected chi connectivity index (χ1v) is 5.98. The Hall–Kier alpha value is -0.970. The number of nitrogens with two attached hydrogens (primary N) is 1. The largest absolute Gasteiger partial charge is 0.374 e. The van der Waals surface area contributed by atoms with Crippen molar-refractivity contribution in [3.63, 3.8) is 0 Å². The molecule has 1 aromatic rings. The molecule has 0 saturated carbocycles. The van der Waals surface area contributed by atoms with Crippen LogP contribution in [0.5, 0.6) is 0 Å². The number of halogens is 1. The first kappa shape index (κ1) is 12.5. The quantitative estimate of drug-likeness (QED) is 0.621. The lowest BCUT2D eigenvalue weighted by atomic mass is 9.89. The molecule has 0 aromatic heterocycles. The molecule has 17 heavy (non-hydrogen) atoms. The molecule has 1 aliphatic rings. The molecule has 0 radical (unpaired) electrons. The number of hydrogen-bond acceptors (Lipinski definition) is 3. The van der Waals surface area contributed by atoms with E-state index in [-0.39, 0.29) is 17.5 Å². The topological polar surface area (TPSA) is 47.3 Å². The molecule has 0 aliphatic carbocycles. The number of hydrogen-bond donors (Lipinski definition) is 2. The average Bonchev–Trinajstić information content (AvgIpc) is 2.74. The van der Waals surface area contributed by atoms with Gasteiger partial charge in [-0.2, -0.15) is 0 Å². The number of ether oxygens (including phenoxy) is 1. The maximum absolute atomic E-state index is 13.1. The summed E-state index contributed by atoms with van der Waals surface area (Å²) in [6.07, 6.45) is 2.71. The van der Waals surface area contributed by atoms with Gasteiger partial charge in [0.15, 0.2) is 0 Å². The Morgan fingerprint density at radius 3 is 3.00 bits per heavy atom. The van der Waals surface area contributed by atoms with Crippen LogP contribution in [-0.2, 0) is 11.2 Å². The van der Waals surface area contributed by atoms with E-state index in [1.54, 1.807) is 12.1 Å². The van der Waals surface area contributed by atoms with Crippen LogP contribution >= 0.6 is 0 Å². The van der Waals surface area contributed by atoms with Gasteiger partial charge in [0, 0.05) is 6.61 Å². The second kappa shape index (κ2) is 5.12. The van der Waals surface area contributed by atoms with Crippen LogP contribution in [0.25, 0.3) is 0 Å². The lowest BCUT2D eigenvalue weighted by molar-refractivity contribution is -0.0115. The molecule has 2 unspecified atom stereocenters. The summed E-state index contributed by atoms with van der Waals surface area (Å²) in [6, 6.07) is 6.62. The molecule has 2 rings (SSSR count). The maximum atomic E-state index is 13.1. The molecule has 1 saturated heterocycles. The third kappa shape index (κ3) is 2.83. The molecule has 94 valence electrons. The van der Waals surface area contributed by atoms with Gasteiger partial charge in [0.25, 0.3) is 0 Å². The summed E-state index contributed by atoms with van der Waals surface area (Å²) < 4.78 is 18.9. The van der Waals surface area contributed by atoms with Gasteiger partial charge in [0.05, 0.1) is 11.6 Å². The summed E-state index contributed by atoms with van der Waals surface area (Å²) in [5, 5.41) is 0. The zero-order valence-electron chi connectivity index (χ0n) is 10.1. The predicted molar refractivity (Wildman–Crippen MR) is 64.8 cm³/mol. The van der Waals surface area contributed by atoms with Crippen molar-refractivity contribution in [2.75, 3.05) is 6.61 Å². The van der Waals surface area contributed by atoms with Crippen molar-refractivity contribution < 1.29 is 9.13 Å². The van der Waals surface area contributed by atoms with E-state index in [1.807, 2.05) is 6.07 Å². The standard InChI is InChI=1S/C13H19FN2O/c1-13(6-3-7-17-13)12(16-15)9-10-4-2-5-11(14)8-10/h2,4-5,8,12,16H,3,6-7,9,15H2,1H3. The van der Waals surface area contributed by atoms with Gasteiger partial charge in [0.2, 0.25) is 0 Å². The van der Waals surface area contributed by atoms with Crippen molar-refractivity contribution in [1.82, 2.24) is 5.43 Å². The second-order valence-corrected chi connectivity index (χ2v) is 4.82. The molecule has 1 fully saturated rings. The van der Waals surface area contributed by atoms with Gasteiger partial charge in [-0.05, 0) is 43.9 Å². The first-order valence-electron chi connectivity index (χ1n) is 5.98. The zero-order chi connectivity index (χ0) is 12.3. The molecule has 3 nitrogen and oxygen atoms in total. The van der Waals surface area contributed by atoms with E-state index in [0.29, 0.717) is 6.42 Å². The molecule has 3 N–H and O–H groups in total. The van der Waals surface area contributed by atoms with Crippen LogP contribution in [0, 0.1) is 5.82 Å². The summed E-state index contributed by atoms with van der Waals surface area (Å²) in [5.41, 5.74) is 3.49. The highest BCUT2D eigenvalue weighted by Crippen LogP contribution is 2.30. The van der Waals surface area contributed by atoms with E-state index < -0.39 is 0 Å². The highest BCUT2D eigenvalue weighted by molar-refractivity contribution is 5.18. The number of nitrogens with one attached hydrogen (secondary N) is 1. The second-order valence-electron chi connectivity index (χ2n) is 4.82. The average molecular weight is 238 g/mol. The summed E-state index contributed by atoms with van der Waals surface area (Å²) in [6.45, 7) is 2.83. The van der Waals surface area contributed by atoms with Gasteiger partial charge in [-0.25, -0.2) is 4.39 Å². The van der Waals surface area contributed by atoms with Gasteiger partial charge in [0.1, 0.15) is 5.82 Å². The van der Waals surface area contributed by atoms with E-state index in [0.717, 1.165) is 25.0 Å². The van der Waals surface area contributed by atoms with Gasteiger partial charge < -0.3 is 4.74 Å². The van der Waals surface area contributed by atoms with Gasteiger partial charge >= 0.3 is 0 Å². The minimum atomic E-state index is -0.249. The minimum Gasteiger partial charge on any atom is -0.374 e. The van der Waals surface area contributed by atoms with Crippen molar-refractivity contribution >= 4 is 0 Å². The van der Waals surface area contributed by atoms with Crippen LogP contribution in [0.3, 0.4) is 0 Å². The normalized spacial score (nSPS) is 26.1. The minimum absolute atomic E-state index is 0.00630. The molecule has 1 heterocycles. The van der Waals surface area contributed by atoms with Crippen LogP contribution in [0.4, 0.5) is 4.39 Å². The van der Waals surface area contributed by atoms with Crippen molar-refractivity contribution in [3.8, 4) is 0 Å². The SMILES string of the molecule is CC1(C(Cc2cccc(F)c2)NN)CCCO1. The molecule has 2 atom stereocenters. The third-order valence-electron chi connectivity index (χ3n) is 3.52. The highest BCUT2D eigenvalue weighted by Gasteiger charge is 2.37. The Morgan fingerprint density at radius 1 is 1.59 bits per heavy atom. The van der Waals surface area contributed by atoms with Crippen molar-refractivity contribution in [2.45, 2.75) is 37.8 Å². The number of benzene rings is 1. The monoisotopic (exact) mass is 238 g/mol. The zero-order valence-corrected chi connectivity index (χ0v) is 10.1. The van der Waals surface area contributed by atoms with Crippen LogP contribution in [0.2, 0.25) is 0 Å². The van der Waals surface area contributed by atoms with E-state index in [4.69, 9.17) is 10.6 Å². The van der Waals surface area contributed by atoms with E-state index in [1.165, 1.54) is 6.07 Å². The highest BCUT2D eigenvalue weighted by atomic mass is 19.1. The lowest BCUT2D eigenvalue weighted by Gasteiger charge is -2.32. The molecular formula is C13H19FN2O. The Balaban J connectivity index is 2.09. The molecule has 1 aromatic carbocycles. The first-order chi connectivity index (χ1) is 8.14. The van der Waals surface area contributed by atoms with E-state index in [9.17, 15) is 4.39 Å². The van der Waals surface area contributed by atoms with Crippen LogP contribution in [0.15, 0.2) is 24.3 Å². The van der Waals surface area contributed by atoms with Crippen molar-refractivity contribution in [2.24, 2.45) is 5.84 Å². The van der Waals surface area contributed by atoms with Crippen LogP contribution in [-0.4, -0.2) is 18.2 Å². The molecular weight excluding hydrogens is 219 g/mol. The Bertz CT molecular complexity index is 377. The Labute approximate surface area is 101 Å². The van der Waals surface area contributed by atoms with Gasteiger partial charge in [-0.1, -0.05) is 12.1 Å². The van der Waals surface area contributed by atoms with Crippen molar-refractivity contribution in [1.29, 1.82) is 0 Å². The van der Waals surface area contributed by atoms with E-state index in [2.05, 4.69) is 12.3 Å². The fraction of sp³-hybridized carbons (Fsp3) is 0.538. The van der Waals surface area contributed by atoms with Gasteiger partial charge in [-0.3, -0.25) is 11.3 Å². The molecule has 0 bridgehead atoms. The molecule has 4 heteroatoms. The van der Waals surface area contributed by atoms with Gasteiger partial charge in [-0.15, -0.1) is 0 Å². The lowest BCUT2D eigenvalue weighted by Crippen LogP contribution is -2.52. The number of hydrazine groups is 1. The van der Waals surface area contributed by atoms with Crippen molar-refractivity contribution in [3.05, 3.63) is 35.6 Å². The summed E-state index contributed by atoms with van der Waals surface area (Å²) in [7, 11) is 0. The summed E-state index contributed by atoms with van der Waals surface area (Å²) in [5.74, 6) is 5.39. The maximum Gasteiger partial charge on any atom is 0.123 e. The van der Waals surface area contributed by atoms with Crippen LogP contribution in [0.1, 0.15) is 25.3 Å². The Kier molecular flexibility index (Phi) is 3.76. The van der Waals surface area contributed by atoms with Crippen LogP contribution < -0.4 is 11.3 Å². The predicted octanol–water partition coefficient (Wildman–Crippen LogP) is 1.77. The molecule has 0 amide bonds. The fourth-order valence-corrected chi connectivity index (χ4v) is 2.43. The smallest absolute Gasteiger partial charge is 0.123 e. The third-order valence-corrected chi connectivity index (χ3v) is 3.52.